The summed E-state index contributed by atoms with van der Waals surface area (Å²) >= 11 is 1.13. The van der Waals surface area contributed by atoms with Crippen LogP contribution < -0.4 is 32.9 Å². The number of rotatable bonds is 16. The lowest BCUT2D eigenvalue weighted by atomic mass is 10.1. The van der Waals surface area contributed by atoms with E-state index >= 15 is 8.78 Å². The van der Waals surface area contributed by atoms with Crippen LogP contribution in [0.5, 0.6) is 0 Å². The van der Waals surface area contributed by atoms with Gasteiger partial charge in [-0.15, -0.1) is 11.3 Å². The van der Waals surface area contributed by atoms with Crippen LogP contribution in [0.4, 0.5) is 19.3 Å². The maximum atomic E-state index is 15.1. The largest absolute Gasteiger partial charge is 0.393 e. The number of urea groups is 1. The number of likely N-dealkylation sites (N-methyl/N-ethyl adjacent to an activating group) is 1. The third kappa shape index (κ3) is 9.44. The first-order chi connectivity index (χ1) is 25.9. The molecule has 4 amide bonds. The molecule has 0 bridgehead atoms. The number of aliphatic hydroxyl groups is 1. The van der Waals surface area contributed by atoms with Crippen LogP contribution in [-0.4, -0.2) is 69.8 Å². The van der Waals surface area contributed by atoms with Crippen molar-refractivity contribution in [3.63, 3.8) is 0 Å². The fourth-order valence-electron chi connectivity index (χ4n) is 5.91. The SMILES string of the molecule is CCNC(=O)Nc1ccc(-c2sc3c(c2CN(C)CCNC(=O)CC(O)CCC(N)=O)c(=O)n(-c2ccccc2)c(=O)n3Cc2c(F)cccc2F)cc1. The third-order valence-corrected chi connectivity index (χ3v) is 9.90. The molecule has 0 aliphatic carbocycles. The number of aliphatic hydroxyl groups excluding tert-OH is 1. The Bertz CT molecular complexity index is 2240. The van der Waals surface area contributed by atoms with Gasteiger partial charge in [0.15, 0.2) is 0 Å². The quantitative estimate of drug-likeness (QED) is 0.101. The van der Waals surface area contributed by atoms with Gasteiger partial charge in [-0.1, -0.05) is 36.4 Å². The molecular weight excluding hydrogens is 721 g/mol. The summed E-state index contributed by atoms with van der Waals surface area (Å²) in [6.07, 6.45) is -1.22. The minimum Gasteiger partial charge on any atom is -0.393 e. The van der Waals surface area contributed by atoms with Gasteiger partial charge in [0.1, 0.15) is 16.5 Å². The Kier molecular flexibility index (Phi) is 13.1. The van der Waals surface area contributed by atoms with Crippen molar-refractivity contribution in [2.45, 2.75) is 45.4 Å². The summed E-state index contributed by atoms with van der Waals surface area (Å²) in [6.45, 7) is 2.37. The minimum absolute atomic E-state index is 0.0451. The van der Waals surface area contributed by atoms with Gasteiger partial charge in [0.25, 0.3) is 5.56 Å². The second kappa shape index (κ2) is 17.9. The van der Waals surface area contributed by atoms with Crippen molar-refractivity contribution in [3.8, 4) is 16.1 Å². The molecule has 16 heteroatoms. The van der Waals surface area contributed by atoms with E-state index in [4.69, 9.17) is 5.73 Å². The molecule has 0 saturated heterocycles. The van der Waals surface area contributed by atoms with Gasteiger partial charge in [-0.05, 0) is 67.9 Å². The Morgan fingerprint density at radius 2 is 1.63 bits per heavy atom. The fourth-order valence-corrected chi connectivity index (χ4v) is 7.21. The van der Waals surface area contributed by atoms with Crippen LogP contribution in [0.15, 0.2) is 82.4 Å². The molecule has 0 aliphatic rings. The summed E-state index contributed by atoms with van der Waals surface area (Å²) in [5.41, 5.74) is 5.35. The number of benzene rings is 3. The number of carbonyl (C=O) groups is 3. The summed E-state index contributed by atoms with van der Waals surface area (Å²) in [5, 5.41) is 18.4. The molecule has 1 atom stereocenters. The van der Waals surface area contributed by atoms with Crippen LogP contribution in [0.2, 0.25) is 0 Å². The van der Waals surface area contributed by atoms with Crippen molar-refractivity contribution in [1.29, 1.82) is 0 Å². The summed E-state index contributed by atoms with van der Waals surface area (Å²) < 4.78 is 32.3. The normalized spacial score (nSPS) is 11.8. The average Bonchev–Trinajstić information content (AvgIpc) is 3.50. The number of halogens is 2. The van der Waals surface area contributed by atoms with Gasteiger partial charge in [-0.2, -0.15) is 0 Å². The number of fused-ring (bicyclic) bond motifs is 1. The second-order valence-electron chi connectivity index (χ2n) is 12.6. The van der Waals surface area contributed by atoms with Gasteiger partial charge >= 0.3 is 11.7 Å². The van der Waals surface area contributed by atoms with Crippen molar-refractivity contribution < 1.29 is 28.3 Å². The molecule has 54 heavy (non-hydrogen) atoms. The van der Waals surface area contributed by atoms with E-state index in [1.807, 2.05) is 4.90 Å². The molecule has 0 fully saturated rings. The summed E-state index contributed by atoms with van der Waals surface area (Å²) in [7, 11) is 1.78. The van der Waals surface area contributed by atoms with Crippen LogP contribution in [0.1, 0.15) is 37.3 Å². The summed E-state index contributed by atoms with van der Waals surface area (Å²) in [4.78, 5) is 67.0. The number of primary amides is 1. The van der Waals surface area contributed by atoms with Crippen molar-refractivity contribution >= 4 is 45.1 Å². The first-order valence-corrected chi connectivity index (χ1v) is 18.1. The standard InChI is InChI=1S/C38H41F2N7O6S/c1-3-42-37(52)44-24-14-12-23(13-15-24)34-28(21-45(2)19-18-43-32(50)20-26(48)16-17-31(41)49)33-35(51)47(25-8-5-4-6-9-25)38(53)46(36(33)54-34)22-27-29(39)10-7-11-30(27)40/h4-15,26,48H,3,16-22H2,1-2H3,(H2,41,49)(H,43,50)(H2,42,44,52). The number of para-hydroxylation sites is 1. The lowest BCUT2D eigenvalue weighted by molar-refractivity contribution is -0.124. The topological polar surface area (TPSA) is 181 Å². The Balaban J connectivity index is 1.59. The monoisotopic (exact) mass is 761 g/mol. The Morgan fingerprint density at radius 1 is 0.944 bits per heavy atom. The molecule has 13 nitrogen and oxygen atoms in total. The molecule has 3 aromatic carbocycles. The second-order valence-corrected chi connectivity index (χ2v) is 13.6. The summed E-state index contributed by atoms with van der Waals surface area (Å²) in [6, 6.07) is 18.2. The van der Waals surface area contributed by atoms with Crippen molar-refractivity contribution in [3.05, 3.63) is 116 Å². The fraction of sp³-hybridized carbons (Fsp3) is 0.289. The predicted molar refractivity (Wildman–Crippen MR) is 204 cm³/mol. The van der Waals surface area contributed by atoms with Crippen LogP contribution in [-0.2, 0) is 22.7 Å². The number of aromatic nitrogens is 2. The highest BCUT2D eigenvalue weighted by Crippen LogP contribution is 2.38. The lowest BCUT2D eigenvalue weighted by Gasteiger charge is -2.19. The molecule has 5 rings (SSSR count). The molecule has 5 aromatic rings. The number of hydrogen-bond donors (Lipinski definition) is 5. The molecular formula is C38H41F2N7O6S. The van der Waals surface area contributed by atoms with Crippen molar-refractivity contribution in [2.24, 2.45) is 5.73 Å². The molecule has 2 aromatic heterocycles. The van der Waals surface area contributed by atoms with E-state index in [9.17, 15) is 29.1 Å². The summed E-state index contributed by atoms with van der Waals surface area (Å²) in [5.74, 6) is -2.68. The van der Waals surface area contributed by atoms with Crippen LogP contribution >= 0.6 is 11.3 Å². The molecule has 0 radical (unpaired) electrons. The van der Waals surface area contributed by atoms with Gasteiger partial charge in [0.2, 0.25) is 11.8 Å². The number of thiophene rings is 1. The minimum atomic E-state index is -1.03. The van der Waals surface area contributed by atoms with Crippen molar-refractivity contribution in [1.82, 2.24) is 24.7 Å². The molecule has 0 spiro atoms. The number of amides is 4. The maximum absolute atomic E-state index is 15.1. The predicted octanol–water partition coefficient (Wildman–Crippen LogP) is 3.91. The van der Waals surface area contributed by atoms with Gasteiger partial charge in [0, 0.05) is 48.7 Å². The highest BCUT2D eigenvalue weighted by molar-refractivity contribution is 7.22. The molecule has 2 heterocycles. The zero-order valence-electron chi connectivity index (χ0n) is 29.7. The zero-order chi connectivity index (χ0) is 38.9. The van der Waals surface area contributed by atoms with Crippen LogP contribution in [0.25, 0.3) is 26.3 Å². The molecule has 6 N–H and O–H groups in total. The van der Waals surface area contributed by atoms with Gasteiger partial charge < -0.3 is 31.7 Å². The highest BCUT2D eigenvalue weighted by atomic mass is 32.1. The van der Waals surface area contributed by atoms with E-state index in [2.05, 4.69) is 16.0 Å². The Morgan fingerprint density at radius 3 is 2.28 bits per heavy atom. The van der Waals surface area contributed by atoms with E-state index in [0.717, 1.165) is 28.0 Å². The van der Waals surface area contributed by atoms with E-state index in [-0.39, 0.29) is 59.9 Å². The molecule has 0 aliphatic heterocycles. The van der Waals surface area contributed by atoms with Gasteiger partial charge in [-0.3, -0.25) is 19.0 Å². The van der Waals surface area contributed by atoms with Gasteiger partial charge in [-0.25, -0.2) is 22.9 Å². The van der Waals surface area contributed by atoms with Crippen LogP contribution in [0.3, 0.4) is 0 Å². The van der Waals surface area contributed by atoms with E-state index in [1.165, 1.54) is 10.6 Å². The van der Waals surface area contributed by atoms with Gasteiger partial charge in [0.05, 0.1) is 30.1 Å². The molecule has 284 valence electrons. The smallest absolute Gasteiger partial charge is 0.337 e. The number of nitrogens with two attached hydrogens (primary N) is 1. The molecule has 0 saturated carbocycles. The lowest BCUT2D eigenvalue weighted by Crippen LogP contribution is -2.39. The first-order valence-electron chi connectivity index (χ1n) is 17.2. The first kappa shape index (κ1) is 39.5. The van der Waals surface area contributed by atoms with Crippen molar-refractivity contribution in [2.75, 3.05) is 32.0 Å². The third-order valence-electron chi connectivity index (χ3n) is 8.60. The number of nitrogens with one attached hydrogen (secondary N) is 3. The average molecular weight is 762 g/mol. The Hall–Kier alpha value is -5.71. The maximum Gasteiger partial charge on any atom is 0.337 e. The van der Waals surface area contributed by atoms with E-state index < -0.39 is 47.3 Å². The van der Waals surface area contributed by atoms with E-state index in [1.54, 1.807) is 68.6 Å². The number of hydrogen-bond acceptors (Lipinski definition) is 8. The number of carbonyl (C=O) groups excluding carboxylic acids is 3. The van der Waals surface area contributed by atoms with E-state index in [0.29, 0.717) is 34.8 Å². The van der Waals surface area contributed by atoms with Crippen LogP contribution in [0, 0.1) is 11.6 Å². The Labute approximate surface area is 313 Å². The number of anilines is 1. The number of nitrogens with zero attached hydrogens (tertiary/aromatic N) is 3. The zero-order valence-corrected chi connectivity index (χ0v) is 30.6. The highest BCUT2D eigenvalue weighted by Gasteiger charge is 2.26. The molecule has 1 unspecified atom stereocenters.